The van der Waals surface area contributed by atoms with Gasteiger partial charge in [-0.25, -0.2) is 0 Å². The van der Waals surface area contributed by atoms with Gasteiger partial charge in [0.05, 0.1) is 6.10 Å². The standard InChI is InChI=1S/C9H19NO2/c1-3-4-5-10(7(2)11)8-6-9(8)12/h7-9,11-12H,3-6H2,1-2H3. The molecule has 1 aliphatic carbocycles. The number of hydrogen-bond donors (Lipinski definition) is 2. The van der Waals surface area contributed by atoms with Crippen LogP contribution in [0.25, 0.3) is 0 Å². The maximum Gasteiger partial charge on any atom is 0.104 e. The SMILES string of the molecule is CCCCN(C(C)O)C1CC1O. The molecule has 0 saturated heterocycles. The van der Waals surface area contributed by atoms with Crippen LogP contribution in [0, 0.1) is 0 Å². The Hall–Kier alpha value is -0.120. The first-order valence-corrected chi connectivity index (χ1v) is 4.78. The molecule has 3 unspecified atom stereocenters. The van der Waals surface area contributed by atoms with Crippen LogP contribution in [-0.4, -0.2) is 40.0 Å². The highest BCUT2D eigenvalue weighted by Gasteiger charge is 2.41. The van der Waals surface area contributed by atoms with Gasteiger partial charge in [0, 0.05) is 12.6 Å². The lowest BCUT2D eigenvalue weighted by Crippen LogP contribution is -2.37. The third kappa shape index (κ3) is 2.44. The molecule has 0 heterocycles. The molecule has 3 nitrogen and oxygen atoms in total. The Bertz CT molecular complexity index is 138. The minimum absolute atomic E-state index is 0.198. The van der Waals surface area contributed by atoms with E-state index in [0.29, 0.717) is 0 Å². The summed E-state index contributed by atoms with van der Waals surface area (Å²) in [6.45, 7) is 4.79. The molecule has 1 rings (SSSR count). The summed E-state index contributed by atoms with van der Waals surface area (Å²) in [6.07, 6.45) is 2.43. The highest BCUT2D eigenvalue weighted by molar-refractivity contribution is 4.95. The normalized spacial score (nSPS) is 30.8. The van der Waals surface area contributed by atoms with Gasteiger partial charge >= 0.3 is 0 Å². The lowest BCUT2D eigenvalue weighted by molar-refractivity contribution is 0.00203. The van der Waals surface area contributed by atoms with Gasteiger partial charge in [0.2, 0.25) is 0 Å². The van der Waals surface area contributed by atoms with Crippen LogP contribution in [0.3, 0.4) is 0 Å². The molecular weight excluding hydrogens is 154 g/mol. The maximum absolute atomic E-state index is 9.38. The second-order valence-electron chi connectivity index (χ2n) is 3.59. The van der Waals surface area contributed by atoms with Gasteiger partial charge in [-0.3, -0.25) is 4.90 Å². The summed E-state index contributed by atoms with van der Waals surface area (Å²) < 4.78 is 0. The van der Waals surface area contributed by atoms with Crippen LogP contribution in [0.15, 0.2) is 0 Å². The van der Waals surface area contributed by atoms with Crippen molar-refractivity contribution in [2.45, 2.75) is 51.5 Å². The number of nitrogens with zero attached hydrogens (tertiary/aromatic N) is 1. The van der Waals surface area contributed by atoms with Crippen molar-refractivity contribution in [1.29, 1.82) is 0 Å². The van der Waals surface area contributed by atoms with Gasteiger partial charge < -0.3 is 10.2 Å². The Morgan fingerprint density at radius 2 is 2.17 bits per heavy atom. The smallest absolute Gasteiger partial charge is 0.104 e. The molecule has 0 radical (unpaired) electrons. The summed E-state index contributed by atoms with van der Waals surface area (Å²) in [5.41, 5.74) is 0. The summed E-state index contributed by atoms with van der Waals surface area (Å²) in [4.78, 5) is 1.98. The average molecular weight is 173 g/mol. The van der Waals surface area contributed by atoms with Crippen molar-refractivity contribution in [3.8, 4) is 0 Å². The van der Waals surface area contributed by atoms with Crippen LogP contribution in [0.2, 0.25) is 0 Å². The summed E-state index contributed by atoms with van der Waals surface area (Å²) in [6, 6.07) is 0.219. The largest absolute Gasteiger partial charge is 0.391 e. The molecule has 0 aromatic heterocycles. The lowest BCUT2D eigenvalue weighted by atomic mass is 10.3. The van der Waals surface area contributed by atoms with Crippen molar-refractivity contribution in [2.75, 3.05) is 6.54 Å². The highest BCUT2D eigenvalue weighted by Crippen LogP contribution is 2.29. The van der Waals surface area contributed by atoms with E-state index in [-0.39, 0.29) is 12.1 Å². The van der Waals surface area contributed by atoms with Gasteiger partial charge in [-0.2, -0.15) is 0 Å². The van der Waals surface area contributed by atoms with Crippen molar-refractivity contribution in [2.24, 2.45) is 0 Å². The van der Waals surface area contributed by atoms with Crippen LogP contribution in [0.4, 0.5) is 0 Å². The quantitative estimate of drug-likeness (QED) is 0.597. The van der Waals surface area contributed by atoms with Crippen molar-refractivity contribution in [3.05, 3.63) is 0 Å². The minimum Gasteiger partial charge on any atom is -0.391 e. The highest BCUT2D eigenvalue weighted by atomic mass is 16.3. The van der Waals surface area contributed by atoms with E-state index in [1.807, 2.05) is 4.90 Å². The predicted molar refractivity (Wildman–Crippen MR) is 47.7 cm³/mol. The van der Waals surface area contributed by atoms with Crippen molar-refractivity contribution >= 4 is 0 Å². The fraction of sp³-hybridized carbons (Fsp3) is 1.00. The first-order valence-electron chi connectivity index (χ1n) is 4.78. The van der Waals surface area contributed by atoms with Crippen LogP contribution >= 0.6 is 0 Å². The molecular formula is C9H19NO2. The Labute approximate surface area is 74.0 Å². The lowest BCUT2D eigenvalue weighted by Gasteiger charge is -2.24. The third-order valence-electron chi connectivity index (χ3n) is 2.40. The van der Waals surface area contributed by atoms with Crippen molar-refractivity contribution < 1.29 is 10.2 Å². The average Bonchev–Trinajstić information content (AvgIpc) is 2.67. The molecule has 3 heteroatoms. The number of hydrogen-bond acceptors (Lipinski definition) is 3. The Balaban J connectivity index is 2.29. The second kappa shape index (κ2) is 4.21. The van der Waals surface area contributed by atoms with Gasteiger partial charge in [-0.15, -0.1) is 0 Å². The number of unbranched alkanes of at least 4 members (excludes halogenated alkanes) is 1. The zero-order valence-electron chi connectivity index (χ0n) is 7.90. The van der Waals surface area contributed by atoms with E-state index in [2.05, 4.69) is 6.92 Å². The Morgan fingerprint density at radius 3 is 2.50 bits per heavy atom. The molecule has 3 atom stereocenters. The van der Waals surface area contributed by atoms with E-state index in [1.165, 1.54) is 0 Å². The van der Waals surface area contributed by atoms with E-state index in [0.717, 1.165) is 25.8 Å². The molecule has 2 N–H and O–H groups in total. The zero-order valence-corrected chi connectivity index (χ0v) is 7.90. The maximum atomic E-state index is 9.38. The second-order valence-corrected chi connectivity index (χ2v) is 3.59. The molecule has 1 fully saturated rings. The first-order chi connectivity index (χ1) is 5.66. The Morgan fingerprint density at radius 1 is 1.58 bits per heavy atom. The number of aliphatic hydroxyl groups excluding tert-OH is 2. The molecule has 1 saturated carbocycles. The molecule has 0 aliphatic heterocycles. The van der Waals surface area contributed by atoms with E-state index in [4.69, 9.17) is 0 Å². The monoisotopic (exact) mass is 173 g/mol. The summed E-state index contributed by atoms with van der Waals surface area (Å²) in [5.74, 6) is 0. The van der Waals surface area contributed by atoms with Gasteiger partial charge in [0.1, 0.15) is 6.23 Å². The van der Waals surface area contributed by atoms with Gasteiger partial charge in [-0.1, -0.05) is 13.3 Å². The summed E-state index contributed by atoms with van der Waals surface area (Å²) in [5, 5.41) is 18.6. The predicted octanol–water partition coefficient (Wildman–Crippen LogP) is 0.560. The molecule has 0 aromatic carbocycles. The van der Waals surface area contributed by atoms with Crippen LogP contribution in [-0.2, 0) is 0 Å². The fourth-order valence-electron chi connectivity index (χ4n) is 1.50. The Kier molecular flexibility index (Phi) is 3.50. The van der Waals surface area contributed by atoms with E-state index in [9.17, 15) is 10.2 Å². The molecule has 12 heavy (non-hydrogen) atoms. The van der Waals surface area contributed by atoms with Gasteiger partial charge in [0.15, 0.2) is 0 Å². The van der Waals surface area contributed by atoms with Crippen LogP contribution in [0.1, 0.15) is 33.1 Å². The summed E-state index contributed by atoms with van der Waals surface area (Å²) in [7, 11) is 0. The molecule has 0 spiro atoms. The summed E-state index contributed by atoms with van der Waals surface area (Å²) >= 11 is 0. The van der Waals surface area contributed by atoms with Crippen LogP contribution in [0.5, 0.6) is 0 Å². The van der Waals surface area contributed by atoms with Gasteiger partial charge in [0.25, 0.3) is 0 Å². The van der Waals surface area contributed by atoms with E-state index < -0.39 is 6.23 Å². The van der Waals surface area contributed by atoms with Crippen molar-refractivity contribution in [1.82, 2.24) is 4.90 Å². The topological polar surface area (TPSA) is 43.7 Å². The van der Waals surface area contributed by atoms with Crippen LogP contribution < -0.4 is 0 Å². The zero-order chi connectivity index (χ0) is 9.14. The fourth-order valence-corrected chi connectivity index (χ4v) is 1.50. The van der Waals surface area contributed by atoms with E-state index >= 15 is 0 Å². The number of rotatable bonds is 5. The first kappa shape index (κ1) is 9.96. The third-order valence-corrected chi connectivity index (χ3v) is 2.40. The minimum atomic E-state index is -0.418. The molecule has 72 valence electrons. The molecule has 0 aromatic rings. The van der Waals surface area contributed by atoms with E-state index in [1.54, 1.807) is 6.92 Å². The van der Waals surface area contributed by atoms with Gasteiger partial charge in [-0.05, 0) is 19.8 Å². The number of aliphatic hydroxyl groups is 2. The van der Waals surface area contributed by atoms with Crippen molar-refractivity contribution in [3.63, 3.8) is 0 Å². The molecule has 0 amide bonds. The molecule has 1 aliphatic rings. The molecule has 0 bridgehead atoms.